The molecule has 0 aromatic heterocycles. The van der Waals surface area contributed by atoms with Crippen molar-refractivity contribution in [1.29, 1.82) is 0 Å². The number of carbonyl (C=O) groups excluding carboxylic acids is 1. The summed E-state index contributed by atoms with van der Waals surface area (Å²) in [6, 6.07) is 8.27. The largest absolute Gasteiger partial charge is 0.497 e. The summed E-state index contributed by atoms with van der Waals surface area (Å²) in [6.07, 6.45) is 10.4. The fourth-order valence-electron chi connectivity index (χ4n) is 5.20. The lowest BCUT2D eigenvalue weighted by Crippen LogP contribution is -2.49. The van der Waals surface area contributed by atoms with Crippen molar-refractivity contribution < 1.29 is 9.53 Å². The lowest BCUT2D eigenvalue weighted by molar-refractivity contribution is -0.138. The van der Waals surface area contributed by atoms with Gasteiger partial charge in [0.25, 0.3) is 0 Å². The second kappa shape index (κ2) is 11.6. The van der Waals surface area contributed by atoms with Gasteiger partial charge in [-0.25, -0.2) is 0 Å². The van der Waals surface area contributed by atoms with Gasteiger partial charge in [0, 0.05) is 31.4 Å². The van der Waals surface area contributed by atoms with Crippen LogP contribution in [0.2, 0.25) is 0 Å². The Morgan fingerprint density at radius 1 is 1.13 bits per heavy atom. The highest BCUT2D eigenvalue weighted by atomic mass is 16.5. The Labute approximate surface area is 188 Å². The smallest absolute Gasteiger partial charge is 0.227 e. The lowest BCUT2D eigenvalue weighted by Gasteiger charge is -2.37. The van der Waals surface area contributed by atoms with Crippen molar-refractivity contribution in [1.82, 2.24) is 10.2 Å². The Balaban J connectivity index is 1.66. The molecule has 1 aromatic carbocycles. The third-order valence-corrected chi connectivity index (χ3v) is 7.16. The number of hydrogen-bond acceptors (Lipinski definition) is 4. The average Bonchev–Trinajstić information content (AvgIpc) is 2.79. The van der Waals surface area contributed by atoms with Gasteiger partial charge in [-0.05, 0) is 68.3 Å². The van der Waals surface area contributed by atoms with E-state index in [4.69, 9.17) is 4.74 Å². The molecule has 0 heterocycles. The maximum absolute atomic E-state index is 13.7. The molecule has 2 aliphatic rings. The molecule has 1 amide bonds. The van der Waals surface area contributed by atoms with Crippen molar-refractivity contribution in [3.8, 4) is 5.75 Å². The molecule has 0 bridgehead atoms. The zero-order valence-corrected chi connectivity index (χ0v) is 19.8. The zero-order chi connectivity index (χ0) is 22.2. The van der Waals surface area contributed by atoms with E-state index in [0.717, 1.165) is 50.3 Å². The number of anilines is 1. The third-order valence-electron chi connectivity index (χ3n) is 7.16. The Bertz CT molecular complexity index is 718. The van der Waals surface area contributed by atoms with Gasteiger partial charge in [-0.2, -0.15) is 0 Å². The summed E-state index contributed by atoms with van der Waals surface area (Å²) in [5.41, 5.74) is 1.05. The number of benzene rings is 1. The molecule has 5 nitrogen and oxygen atoms in total. The summed E-state index contributed by atoms with van der Waals surface area (Å²) in [4.78, 5) is 15.8. The second-order valence-corrected chi connectivity index (χ2v) is 9.46. The fourth-order valence-corrected chi connectivity index (χ4v) is 5.20. The predicted molar refractivity (Wildman–Crippen MR) is 128 cm³/mol. The van der Waals surface area contributed by atoms with Crippen LogP contribution in [-0.2, 0) is 4.79 Å². The topological polar surface area (TPSA) is 53.6 Å². The minimum atomic E-state index is 0.0986. The molecule has 2 aliphatic carbocycles. The normalized spacial score (nSPS) is 28.2. The second-order valence-electron chi connectivity index (χ2n) is 9.46. The summed E-state index contributed by atoms with van der Waals surface area (Å²) in [6.45, 7) is 6.91. The number of carbonyl (C=O) groups is 1. The van der Waals surface area contributed by atoms with Crippen LogP contribution in [-0.4, -0.2) is 50.6 Å². The van der Waals surface area contributed by atoms with Gasteiger partial charge in [-0.3, -0.25) is 4.79 Å². The quantitative estimate of drug-likeness (QED) is 0.567. The highest BCUT2D eigenvalue weighted by Gasteiger charge is 2.34. The van der Waals surface area contributed by atoms with Gasteiger partial charge in [0.2, 0.25) is 5.91 Å². The van der Waals surface area contributed by atoms with Crippen molar-refractivity contribution in [2.24, 2.45) is 23.7 Å². The molecule has 5 atom stereocenters. The molecule has 0 aliphatic heterocycles. The number of rotatable bonds is 9. The maximum Gasteiger partial charge on any atom is 0.227 e. The highest BCUT2D eigenvalue weighted by molar-refractivity contribution is 5.80. The first-order chi connectivity index (χ1) is 15.0. The molecule has 0 spiro atoms. The van der Waals surface area contributed by atoms with E-state index in [2.05, 4.69) is 41.5 Å². The Morgan fingerprint density at radius 3 is 2.55 bits per heavy atom. The van der Waals surface area contributed by atoms with Crippen molar-refractivity contribution in [2.75, 3.05) is 39.1 Å². The van der Waals surface area contributed by atoms with Crippen LogP contribution in [0.3, 0.4) is 0 Å². The number of nitrogens with zero attached hydrogens (tertiary/aromatic N) is 1. The van der Waals surface area contributed by atoms with Gasteiger partial charge in [0.1, 0.15) is 5.75 Å². The van der Waals surface area contributed by atoms with E-state index in [1.165, 1.54) is 12.8 Å². The SMILES string of the molecule is CNC1CCCCC1C(=O)N(CCNc1ccc(OC)cc1)CC1C=CC(C)CC1C. The van der Waals surface area contributed by atoms with Crippen molar-refractivity contribution >= 4 is 11.6 Å². The van der Waals surface area contributed by atoms with E-state index in [9.17, 15) is 4.79 Å². The first-order valence-electron chi connectivity index (χ1n) is 12.0. The predicted octanol–water partition coefficient (Wildman–Crippen LogP) is 4.56. The Kier molecular flexibility index (Phi) is 8.82. The lowest BCUT2D eigenvalue weighted by atomic mass is 9.80. The van der Waals surface area contributed by atoms with E-state index in [1.54, 1.807) is 7.11 Å². The van der Waals surface area contributed by atoms with Crippen LogP contribution in [0.25, 0.3) is 0 Å². The average molecular weight is 428 g/mol. The maximum atomic E-state index is 13.7. The molecule has 0 radical (unpaired) electrons. The van der Waals surface area contributed by atoms with Crippen LogP contribution in [0.15, 0.2) is 36.4 Å². The molecular weight excluding hydrogens is 386 g/mol. The highest BCUT2D eigenvalue weighted by Crippen LogP contribution is 2.31. The van der Waals surface area contributed by atoms with Crippen LogP contribution in [0.1, 0.15) is 46.0 Å². The first-order valence-corrected chi connectivity index (χ1v) is 12.0. The fraction of sp³-hybridized carbons (Fsp3) is 0.654. The molecule has 1 aromatic rings. The van der Waals surface area contributed by atoms with Crippen LogP contribution < -0.4 is 15.4 Å². The van der Waals surface area contributed by atoms with E-state index < -0.39 is 0 Å². The standard InChI is InChI=1S/C26H41N3O2/c1-19-9-10-21(20(2)17-19)18-29(26(30)24-7-5-6-8-25(24)27-3)16-15-28-22-11-13-23(31-4)14-12-22/h9-14,19-21,24-25,27-28H,5-8,15-18H2,1-4H3. The summed E-state index contributed by atoms with van der Waals surface area (Å²) in [7, 11) is 3.68. The van der Waals surface area contributed by atoms with Crippen molar-refractivity contribution in [2.45, 2.75) is 52.0 Å². The van der Waals surface area contributed by atoms with E-state index in [1.807, 2.05) is 31.3 Å². The minimum absolute atomic E-state index is 0.0986. The summed E-state index contributed by atoms with van der Waals surface area (Å²) in [5.74, 6) is 2.97. The van der Waals surface area contributed by atoms with E-state index in [-0.39, 0.29) is 5.92 Å². The van der Waals surface area contributed by atoms with Gasteiger partial charge in [-0.15, -0.1) is 0 Å². The van der Waals surface area contributed by atoms with Gasteiger partial charge in [0.15, 0.2) is 0 Å². The summed E-state index contributed by atoms with van der Waals surface area (Å²) in [5, 5.41) is 6.89. The molecular formula is C26H41N3O2. The number of methoxy groups -OCH3 is 1. The molecule has 0 saturated heterocycles. The van der Waals surface area contributed by atoms with Crippen molar-refractivity contribution in [3.63, 3.8) is 0 Å². The third kappa shape index (κ3) is 6.49. The van der Waals surface area contributed by atoms with Gasteiger partial charge in [0.05, 0.1) is 13.0 Å². The number of ether oxygens (including phenoxy) is 1. The minimum Gasteiger partial charge on any atom is -0.497 e. The first kappa shape index (κ1) is 23.6. The van der Waals surface area contributed by atoms with Gasteiger partial charge >= 0.3 is 0 Å². The van der Waals surface area contributed by atoms with Gasteiger partial charge in [-0.1, -0.05) is 38.8 Å². The molecule has 5 unspecified atom stereocenters. The van der Waals surface area contributed by atoms with Crippen molar-refractivity contribution in [3.05, 3.63) is 36.4 Å². The molecule has 1 fully saturated rings. The number of allylic oxidation sites excluding steroid dienone is 1. The van der Waals surface area contributed by atoms with Crippen LogP contribution >= 0.6 is 0 Å². The Morgan fingerprint density at radius 2 is 1.87 bits per heavy atom. The van der Waals surface area contributed by atoms with Crippen LogP contribution in [0, 0.1) is 23.7 Å². The molecule has 3 rings (SSSR count). The molecule has 2 N–H and O–H groups in total. The van der Waals surface area contributed by atoms with E-state index in [0.29, 0.717) is 29.7 Å². The summed E-state index contributed by atoms with van der Waals surface area (Å²) >= 11 is 0. The van der Waals surface area contributed by atoms with Crippen LogP contribution in [0.4, 0.5) is 5.69 Å². The number of hydrogen-bond donors (Lipinski definition) is 2. The van der Waals surface area contributed by atoms with E-state index >= 15 is 0 Å². The monoisotopic (exact) mass is 427 g/mol. The van der Waals surface area contributed by atoms with Crippen LogP contribution in [0.5, 0.6) is 5.75 Å². The zero-order valence-electron chi connectivity index (χ0n) is 19.8. The van der Waals surface area contributed by atoms with Gasteiger partial charge < -0.3 is 20.3 Å². The molecule has 172 valence electrons. The summed E-state index contributed by atoms with van der Waals surface area (Å²) < 4.78 is 5.24. The Hall–Kier alpha value is -2.01. The molecule has 31 heavy (non-hydrogen) atoms. The molecule has 1 saturated carbocycles. The molecule has 5 heteroatoms. The number of nitrogens with one attached hydrogen (secondary N) is 2. The number of amides is 1.